The Morgan fingerprint density at radius 3 is 1.33 bits per heavy atom. The molecular weight excluding hydrogens is 142 g/mol. The Morgan fingerprint density at radius 2 is 1.00 bits per heavy atom. The smallest absolute Gasteiger partial charge is 0.0814 e. The van der Waals surface area contributed by atoms with Gasteiger partial charge in [-0.25, -0.2) is 0 Å². The molecule has 4 aliphatic rings. The fourth-order valence-corrected chi connectivity index (χ4v) is 4.11. The average molecular weight is 154 g/mol. The summed E-state index contributed by atoms with van der Waals surface area (Å²) in [6.45, 7) is 0. The number of hydrogen-bond donors (Lipinski definition) is 0. The predicted octanol–water partition coefficient (Wildman–Crippen LogP) is 2.46. The molecule has 2 radical (unpaired) electrons. The van der Waals surface area contributed by atoms with Gasteiger partial charge in [0.15, 0.2) is 0 Å². The summed E-state index contributed by atoms with van der Waals surface area (Å²) in [6.07, 6.45) is 5.89. The maximum absolute atomic E-state index is 2.64. The Hall–Kier alpha value is -0.130. The lowest BCUT2D eigenvalue weighted by Crippen LogP contribution is -2.02. The van der Waals surface area contributed by atoms with Crippen molar-refractivity contribution in [3.8, 4) is 0 Å². The molecule has 0 aliphatic carbocycles. The Labute approximate surface area is 75.3 Å². The van der Waals surface area contributed by atoms with Crippen molar-refractivity contribution in [3.63, 3.8) is 0 Å². The van der Waals surface area contributed by atoms with Crippen molar-refractivity contribution in [1.82, 2.24) is 0 Å². The second kappa shape index (κ2) is 1.86. The van der Waals surface area contributed by atoms with Gasteiger partial charge in [-0.05, 0) is 23.3 Å². The molecule has 0 unspecified atom stereocenters. The Bertz CT molecular complexity index is 230. The first-order chi connectivity index (χ1) is 5.93. The topological polar surface area (TPSA) is 0 Å². The van der Waals surface area contributed by atoms with Crippen LogP contribution in [0, 0.1) is 0 Å². The molecule has 2 saturated heterocycles. The first kappa shape index (κ1) is 6.34. The van der Waals surface area contributed by atoms with E-state index in [2.05, 4.69) is 14.6 Å². The van der Waals surface area contributed by atoms with Gasteiger partial charge < -0.3 is 0 Å². The lowest BCUT2D eigenvalue weighted by Gasteiger charge is -2.25. The van der Waals surface area contributed by atoms with Crippen LogP contribution in [0.3, 0.4) is 0 Å². The normalized spacial score (nSPS) is 52.7. The number of rotatable bonds is 0. The van der Waals surface area contributed by atoms with E-state index in [0.29, 0.717) is 0 Å². The molecule has 0 saturated carbocycles. The minimum atomic E-state index is 0.927. The van der Waals surface area contributed by atoms with Crippen LogP contribution in [0.15, 0.2) is 11.1 Å². The maximum atomic E-state index is 2.64. The highest BCUT2D eigenvalue weighted by molar-refractivity contribution is 6.52. The summed E-state index contributed by atoms with van der Waals surface area (Å²) in [6, 6.07) is 0. The summed E-state index contributed by atoms with van der Waals surface area (Å²) in [4.78, 5) is 0. The van der Waals surface area contributed by atoms with Crippen molar-refractivity contribution >= 4 is 14.6 Å². The largest absolute Gasteiger partial charge is 0.128 e. The number of hydrogen-bond acceptors (Lipinski definition) is 0. The van der Waals surface area contributed by atoms with Gasteiger partial charge in [0.1, 0.15) is 14.6 Å². The van der Waals surface area contributed by atoms with E-state index >= 15 is 0 Å². The van der Waals surface area contributed by atoms with Gasteiger partial charge in [0.25, 0.3) is 0 Å². The monoisotopic (exact) mass is 154 g/mol. The van der Waals surface area contributed by atoms with Crippen LogP contribution in [0.4, 0.5) is 0 Å². The first-order valence-electron chi connectivity index (χ1n) is 5.37. The van der Waals surface area contributed by atoms with Gasteiger partial charge in [-0.1, -0.05) is 36.8 Å². The van der Waals surface area contributed by atoms with E-state index in [0.717, 1.165) is 23.3 Å². The van der Waals surface area contributed by atoms with Gasteiger partial charge in [-0.15, -0.1) is 0 Å². The van der Waals surface area contributed by atoms with Gasteiger partial charge in [-0.3, -0.25) is 0 Å². The van der Waals surface area contributed by atoms with Crippen LogP contribution in [0.2, 0.25) is 23.3 Å². The van der Waals surface area contributed by atoms with Gasteiger partial charge in [0.05, 0.1) is 0 Å². The van der Waals surface area contributed by atoms with E-state index in [1.54, 1.807) is 0 Å². The molecule has 4 rings (SSSR count). The summed E-state index contributed by atoms with van der Waals surface area (Å²) in [5, 5.41) is 0. The highest BCUT2D eigenvalue weighted by Crippen LogP contribution is 2.66. The first-order valence-corrected chi connectivity index (χ1v) is 5.37. The number of allylic oxidation sites excluding steroid dienone is 2. The molecule has 12 heavy (non-hydrogen) atoms. The van der Waals surface area contributed by atoms with E-state index in [4.69, 9.17) is 0 Å². The molecule has 2 fully saturated rings. The SMILES string of the molecule is [B]1[C@@H]2CC[C@H]1C1=C2[C@H]2[B][C@@H]1CC2. The molecule has 0 aromatic rings. The van der Waals surface area contributed by atoms with Crippen molar-refractivity contribution in [2.75, 3.05) is 0 Å². The highest BCUT2D eigenvalue weighted by atomic mass is 14.4. The molecule has 4 bridgehead atoms. The van der Waals surface area contributed by atoms with Crippen molar-refractivity contribution in [3.05, 3.63) is 11.1 Å². The molecule has 0 amide bonds. The Kier molecular flexibility index (Phi) is 0.982. The second-order valence-corrected chi connectivity index (χ2v) is 4.88. The molecule has 2 heteroatoms. The van der Waals surface area contributed by atoms with Crippen LogP contribution in [0.25, 0.3) is 0 Å². The molecular formula is C10H12B2. The van der Waals surface area contributed by atoms with Crippen LogP contribution in [0.1, 0.15) is 25.7 Å². The lowest BCUT2D eigenvalue weighted by atomic mass is 9.53. The third-order valence-electron chi connectivity index (χ3n) is 4.44. The minimum absolute atomic E-state index is 0.927. The van der Waals surface area contributed by atoms with Crippen molar-refractivity contribution < 1.29 is 0 Å². The van der Waals surface area contributed by atoms with E-state index in [1.165, 1.54) is 25.7 Å². The summed E-state index contributed by atoms with van der Waals surface area (Å²) < 4.78 is 0. The number of fused-ring (bicyclic) bond motifs is 8. The predicted molar refractivity (Wildman–Crippen MR) is 52.0 cm³/mol. The molecule has 4 heterocycles. The molecule has 0 aromatic heterocycles. The van der Waals surface area contributed by atoms with Crippen molar-refractivity contribution in [2.45, 2.75) is 49.0 Å². The zero-order valence-corrected chi connectivity index (χ0v) is 7.29. The van der Waals surface area contributed by atoms with Crippen LogP contribution in [-0.2, 0) is 0 Å². The summed E-state index contributed by atoms with van der Waals surface area (Å²) in [5.74, 6) is 3.71. The second-order valence-electron chi connectivity index (χ2n) is 4.88. The average Bonchev–Trinajstić information content (AvgIpc) is 2.83. The van der Waals surface area contributed by atoms with E-state index in [9.17, 15) is 0 Å². The molecule has 58 valence electrons. The fraction of sp³-hybridized carbons (Fsp3) is 0.800. The molecule has 4 aliphatic heterocycles. The fourth-order valence-electron chi connectivity index (χ4n) is 4.11. The molecule has 0 spiro atoms. The molecule has 0 aromatic carbocycles. The van der Waals surface area contributed by atoms with E-state index < -0.39 is 0 Å². The van der Waals surface area contributed by atoms with Gasteiger partial charge in [-0.2, -0.15) is 0 Å². The van der Waals surface area contributed by atoms with Crippen LogP contribution >= 0.6 is 0 Å². The maximum Gasteiger partial charge on any atom is 0.128 e. The Morgan fingerprint density at radius 1 is 0.667 bits per heavy atom. The lowest BCUT2D eigenvalue weighted by molar-refractivity contribution is 0.631. The zero-order valence-electron chi connectivity index (χ0n) is 7.29. The molecule has 0 N–H and O–H groups in total. The van der Waals surface area contributed by atoms with Crippen molar-refractivity contribution in [1.29, 1.82) is 0 Å². The minimum Gasteiger partial charge on any atom is -0.0814 e. The third kappa shape index (κ3) is 0.541. The standard InChI is InChI=1S/C10H12B2/c1-2-6-10-8-4-3-7(12-8)9(10)5(1)11-6/h5-8H,1-4H2/t5-,6+,7+,8-. The molecule has 4 atom stereocenters. The van der Waals surface area contributed by atoms with E-state index in [-0.39, 0.29) is 0 Å². The van der Waals surface area contributed by atoms with E-state index in [1.807, 2.05) is 11.1 Å². The molecule has 0 nitrogen and oxygen atoms in total. The quantitative estimate of drug-likeness (QED) is 0.371. The van der Waals surface area contributed by atoms with Crippen LogP contribution in [-0.4, -0.2) is 14.6 Å². The van der Waals surface area contributed by atoms with Crippen LogP contribution < -0.4 is 0 Å². The van der Waals surface area contributed by atoms with Crippen molar-refractivity contribution in [2.24, 2.45) is 0 Å². The highest BCUT2D eigenvalue weighted by Gasteiger charge is 2.51. The Balaban J connectivity index is 1.90. The summed E-state index contributed by atoms with van der Waals surface area (Å²) in [5.41, 5.74) is 3.78. The van der Waals surface area contributed by atoms with Gasteiger partial charge in [0.2, 0.25) is 0 Å². The van der Waals surface area contributed by atoms with Crippen LogP contribution in [0.5, 0.6) is 0 Å². The van der Waals surface area contributed by atoms with Gasteiger partial charge >= 0.3 is 0 Å². The summed E-state index contributed by atoms with van der Waals surface area (Å²) in [7, 11) is 5.28. The summed E-state index contributed by atoms with van der Waals surface area (Å²) >= 11 is 0. The van der Waals surface area contributed by atoms with Gasteiger partial charge in [0, 0.05) is 0 Å². The zero-order chi connectivity index (χ0) is 7.71. The third-order valence-corrected chi connectivity index (χ3v) is 4.44.